The summed E-state index contributed by atoms with van der Waals surface area (Å²) >= 11 is 0. The smallest absolute Gasteiger partial charge is 0.410 e. The van der Waals surface area contributed by atoms with Gasteiger partial charge in [-0.25, -0.2) is 4.79 Å². The Morgan fingerprint density at radius 2 is 2.00 bits per heavy atom. The summed E-state index contributed by atoms with van der Waals surface area (Å²) in [6.45, 7) is 6.15. The molecular formula is C13H23NO5. The van der Waals surface area contributed by atoms with Crippen LogP contribution in [0, 0.1) is 5.92 Å². The molecule has 6 nitrogen and oxygen atoms in total. The van der Waals surface area contributed by atoms with Gasteiger partial charge in [0.15, 0.2) is 0 Å². The van der Waals surface area contributed by atoms with E-state index in [9.17, 15) is 14.7 Å². The number of likely N-dealkylation sites (tertiary alicyclic amines) is 1. The number of aliphatic hydroxyl groups is 1. The highest BCUT2D eigenvalue weighted by Gasteiger charge is 2.33. The average molecular weight is 273 g/mol. The van der Waals surface area contributed by atoms with Crippen molar-refractivity contribution in [2.45, 2.75) is 45.3 Å². The Balaban J connectivity index is 2.58. The van der Waals surface area contributed by atoms with Crippen molar-refractivity contribution in [1.29, 1.82) is 0 Å². The monoisotopic (exact) mass is 273 g/mol. The number of methoxy groups -OCH3 is 1. The van der Waals surface area contributed by atoms with Gasteiger partial charge in [-0.1, -0.05) is 0 Å². The third-order valence-corrected chi connectivity index (χ3v) is 3.00. The Bertz CT molecular complexity index is 336. The van der Waals surface area contributed by atoms with Crippen molar-refractivity contribution < 1.29 is 24.2 Å². The van der Waals surface area contributed by atoms with Crippen molar-refractivity contribution in [2.24, 2.45) is 5.92 Å². The van der Waals surface area contributed by atoms with Crippen LogP contribution in [0.3, 0.4) is 0 Å². The second-order valence-electron chi connectivity index (χ2n) is 5.82. The maximum Gasteiger partial charge on any atom is 0.410 e. The van der Waals surface area contributed by atoms with Gasteiger partial charge in [-0.15, -0.1) is 0 Å². The second kappa shape index (κ2) is 6.23. The summed E-state index contributed by atoms with van der Waals surface area (Å²) in [6, 6.07) is 0. The van der Waals surface area contributed by atoms with Crippen LogP contribution in [-0.4, -0.2) is 54.0 Å². The summed E-state index contributed by atoms with van der Waals surface area (Å²) in [5.74, 6) is -0.677. The Kier molecular flexibility index (Phi) is 5.17. The van der Waals surface area contributed by atoms with Crippen LogP contribution >= 0.6 is 0 Å². The standard InChI is InChI=1S/C13H23NO5/c1-13(2,3)19-12(17)14-6-5-10(15)9(8-14)7-11(16)18-4/h9-10,15H,5-8H2,1-4H3/t9-,10-/m1/s1. The summed E-state index contributed by atoms with van der Waals surface area (Å²) < 4.78 is 9.87. The van der Waals surface area contributed by atoms with E-state index >= 15 is 0 Å². The lowest BCUT2D eigenvalue weighted by Gasteiger charge is -2.36. The molecule has 1 aliphatic heterocycles. The molecule has 110 valence electrons. The molecule has 0 saturated carbocycles. The van der Waals surface area contributed by atoms with Crippen molar-refractivity contribution in [1.82, 2.24) is 4.90 Å². The molecule has 1 rings (SSSR count). The highest BCUT2D eigenvalue weighted by atomic mass is 16.6. The van der Waals surface area contributed by atoms with Gasteiger partial charge in [-0.05, 0) is 27.2 Å². The molecule has 0 unspecified atom stereocenters. The minimum atomic E-state index is -0.585. The normalized spacial score (nSPS) is 23.9. The van der Waals surface area contributed by atoms with Gasteiger partial charge >= 0.3 is 12.1 Å². The topological polar surface area (TPSA) is 76.1 Å². The summed E-state index contributed by atoms with van der Waals surface area (Å²) in [6.07, 6.45) is -0.440. The number of esters is 1. The molecule has 6 heteroatoms. The zero-order chi connectivity index (χ0) is 14.6. The van der Waals surface area contributed by atoms with Crippen LogP contribution in [0.5, 0.6) is 0 Å². The van der Waals surface area contributed by atoms with E-state index in [0.717, 1.165) is 0 Å². The molecule has 1 N–H and O–H groups in total. The first kappa shape index (κ1) is 15.8. The van der Waals surface area contributed by atoms with Crippen molar-refractivity contribution >= 4 is 12.1 Å². The van der Waals surface area contributed by atoms with E-state index < -0.39 is 17.8 Å². The molecule has 1 aliphatic rings. The van der Waals surface area contributed by atoms with Gasteiger partial charge in [0.25, 0.3) is 0 Å². The first-order valence-electron chi connectivity index (χ1n) is 6.45. The molecule has 0 aliphatic carbocycles. The van der Waals surface area contributed by atoms with Gasteiger partial charge in [0.2, 0.25) is 0 Å². The summed E-state index contributed by atoms with van der Waals surface area (Å²) in [5, 5.41) is 9.86. The third kappa shape index (κ3) is 5.06. The molecule has 0 radical (unpaired) electrons. The largest absolute Gasteiger partial charge is 0.469 e. The van der Waals surface area contributed by atoms with Crippen molar-refractivity contribution in [2.75, 3.05) is 20.2 Å². The van der Waals surface area contributed by atoms with E-state index in [2.05, 4.69) is 4.74 Å². The van der Waals surface area contributed by atoms with Crippen molar-refractivity contribution in [3.63, 3.8) is 0 Å². The molecule has 1 fully saturated rings. The van der Waals surface area contributed by atoms with E-state index in [0.29, 0.717) is 19.5 Å². The fourth-order valence-electron chi connectivity index (χ4n) is 2.01. The fraction of sp³-hybridized carbons (Fsp3) is 0.846. The van der Waals surface area contributed by atoms with Crippen LogP contribution in [0.1, 0.15) is 33.6 Å². The average Bonchev–Trinajstić information content (AvgIpc) is 2.29. The molecule has 2 atom stereocenters. The Labute approximate surface area is 113 Å². The molecule has 0 aromatic carbocycles. The molecule has 1 heterocycles. The molecule has 0 aromatic rings. The Morgan fingerprint density at radius 1 is 1.37 bits per heavy atom. The highest BCUT2D eigenvalue weighted by Crippen LogP contribution is 2.22. The number of hydrogen-bond acceptors (Lipinski definition) is 5. The van der Waals surface area contributed by atoms with E-state index in [1.54, 1.807) is 20.8 Å². The zero-order valence-corrected chi connectivity index (χ0v) is 12.0. The lowest BCUT2D eigenvalue weighted by molar-refractivity contribution is -0.143. The summed E-state index contributed by atoms with van der Waals surface area (Å²) in [7, 11) is 1.31. The number of nitrogens with zero attached hydrogens (tertiary/aromatic N) is 1. The molecule has 0 spiro atoms. The Morgan fingerprint density at radius 3 is 2.53 bits per heavy atom. The zero-order valence-electron chi connectivity index (χ0n) is 12.0. The van der Waals surface area contributed by atoms with Crippen LogP contribution in [-0.2, 0) is 14.3 Å². The maximum atomic E-state index is 11.9. The van der Waals surface area contributed by atoms with Crippen LogP contribution in [0.2, 0.25) is 0 Å². The number of carbonyl (C=O) groups is 2. The van der Waals surface area contributed by atoms with Gasteiger partial charge in [0.05, 0.1) is 19.6 Å². The highest BCUT2D eigenvalue weighted by molar-refractivity contribution is 5.70. The van der Waals surface area contributed by atoms with Crippen molar-refractivity contribution in [3.05, 3.63) is 0 Å². The number of piperidine rings is 1. The quantitative estimate of drug-likeness (QED) is 0.764. The van der Waals surface area contributed by atoms with Gasteiger partial charge in [-0.2, -0.15) is 0 Å². The minimum Gasteiger partial charge on any atom is -0.469 e. The van der Waals surface area contributed by atoms with Gasteiger partial charge in [0.1, 0.15) is 5.60 Å². The molecule has 0 aromatic heterocycles. The van der Waals surface area contributed by atoms with Crippen LogP contribution in [0.15, 0.2) is 0 Å². The number of ether oxygens (including phenoxy) is 2. The second-order valence-corrected chi connectivity index (χ2v) is 5.82. The third-order valence-electron chi connectivity index (χ3n) is 3.00. The van der Waals surface area contributed by atoms with Crippen LogP contribution < -0.4 is 0 Å². The van der Waals surface area contributed by atoms with E-state index in [1.807, 2.05) is 0 Å². The van der Waals surface area contributed by atoms with Gasteiger partial charge in [0, 0.05) is 19.0 Å². The predicted octanol–water partition coefficient (Wildman–Crippen LogP) is 1.17. The molecule has 1 saturated heterocycles. The number of amides is 1. The summed E-state index contributed by atoms with van der Waals surface area (Å²) in [5.41, 5.74) is -0.551. The fourth-order valence-corrected chi connectivity index (χ4v) is 2.01. The number of hydrogen-bond donors (Lipinski definition) is 1. The van der Waals surface area contributed by atoms with Gasteiger partial charge < -0.3 is 19.5 Å². The van der Waals surface area contributed by atoms with Crippen LogP contribution in [0.4, 0.5) is 4.79 Å². The predicted molar refractivity (Wildman–Crippen MR) is 68.6 cm³/mol. The lowest BCUT2D eigenvalue weighted by Crippen LogP contribution is -2.48. The molecule has 0 bridgehead atoms. The maximum absolute atomic E-state index is 11.9. The van der Waals surface area contributed by atoms with E-state index in [1.165, 1.54) is 12.0 Å². The summed E-state index contributed by atoms with van der Waals surface area (Å²) in [4.78, 5) is 24.7. The molecular weight excluding hydrogens is 250 g/mol. The Hall–Kier alpha value is -1.30. The minimum absolute atomic E-state index is 0.108. The first-order chi connectivity index (χ1) is 8.73. The van der Waals surface area contributed by atoms with E-state index in [4.69, 9.17) is 4.74 Å². The molecule has 1 amide bonds. The SMILES string of the molecule is COC(=O)C[C@@H]1CN(C(=O)OC(C)(C)C)CC[C@H]1O. The number of carbonyl (C=O) groups excluding carboxylic acids is 2. The number of rotatable bonds is 2. The number of aliphatic hydroxyl groups excluding tert-OH is 1. The van der Waals surface area contributed by atoms with E-state index in [-0.39, 0.29) is 18.3 Å². The van der Waals surface area contributed by atoms with Crippen molar-refractivity contribution in [3.8, 4) is 0 Å². The van der Waals surface area contributed by atoms with Gasteiger partial charge in [-0.3, -0.25) is 4.79 Å². The van der Waals surface area contributed by atoms with Crippen LogP contribution in [0.25, 0.3) is 0 Å². The molecule has 19 heavy (non-hydrogen) atoms. The lowest BCUT2D eigenvalue weighted by atomic mass is 9.92. The first-order valence-corrected chi connectivity index (χ1v) is 6.45.